The van der Waals surface area contributed by atoms with Gasteiger partial charge in [-0.1, -0.05) is 370 Å². The van der Waals surface area contributed by atoms with Crippen molar-refractivity contribution >= 4 is 39.5 Å². The number of aliphatic hydroxyl groups excluding tert-OH is 1. The highest BCUT2D eigenvalue weighted by Crippen LogP contribution is 2.45. The molecule has 0 saturated carbocycles. The Morgan fingerprint density at radius 2 is 0.475 bits per heavy atom. The second kappa shape index (κ2) is 71.0. The normalized spacial score (nSPS) is 14.3. The van der Waals surface area contributed by atoms with Crippen molar-refractivity contribution in [1.82, 2.24) is 0 Å². The number of esters is 4. The van der Waals surface area contributed by atoms with E-state index < -0.39 is 97.5 Å². The average Bonchev–Trinajstić information content (AvgIpc) is 0.927. The highest BCUT2D eigenvalue weighted by molar-refractivity contribution is 7.47. The van der Waals surface area contributed by atoms with Crippen LogP contribution in [0.15, 0.2) is 0 Å². The van der Waals surface area contributed by atoms with Gasteiger partial charge < -0.3 is 33.8 Å². The van der Waals surface area contributed by atoms with Gasteiger partial charge in [-0.25, -0.2) is 9.13 Å². The Hall–Kier alpha value is -1.94. The maximum Gasteiger partial charge on any atom is 0.472 e. The van der Waals surface area contributed by atoms with Gasteiger partial charge in [0.05, 0.1) is 26.4 Å². The first-order valence-electron chi connectivity index (χ1n) is 42.2. The third kappa shape index (κ3) is 74.7. The van der Waals surface area contributed by atoms with E-state index in [0.29, 0.717) is 25.7 Å². The SMILES string of the molecule is CCC(C)CCCCCCCCC(=O)OC[C@H](COP(=O)(O)OC[C@H](O)COP(=O)(O)OC[C@@H](COC(=O)CCCCCCCCCCCCCCCCCC(C)C)OC(=O)CCCCCCCCCCCCCCCCCCCCC(C)C)OC(=O)CCCCCCCCCCCC(C)C. The molecule has 0 fully saturated rings. The van der Waals surface area contributed by atoms with Crippen LogP contribution in [0.1, 0.15) is 421 Å². The van der Waals surface area contributed by atoms with Gasteiger partial charge in [-0.05, 0) is 49.4 Å². The van der Waals surface area contributed by atoms with Gasteiger partial charge in [-0.3, -0.25) is 37.3 Å². The molecule has 0 aliphatic carbocycles. The number of carbonyl (C=O) groups excluding carboxylic acids is 4. The van der Waals surface area contributed by atoms with E-state index in [9.17, 15) is 43.2 Å². The average molecular weight is 1480 g/mol. The maximum absolute atomic E-state index is 13.1. The molecule has 0 aromatic heterocycles. The summed E-state index contributed by atoms with van der Waals surface area (Å²) in [4.78, 5) is 73.0. The summed E-state index contributed by atoms with van der Waals surface area (Å²) in [5.41, 5.74) is 0. The van der Waals surface area contributed by atoms with Crippen LogP contribution in [0.4, 0.5) is 0 Å². The minimum Gasteiger partial charge on any atom is -0.462 e. The summed E-state index contributed by atoms with van der Waals surface area (Å²) in [6, 6.07) is 0. The molecule has 0 bridgehead atoms. The van der Waals surface area contributed by atoms with Gasteiger partial charge in [0.1, 0.15) is 19.3 Å². The van der Waals surface area contributed by atoms with Crippen LogP contribution in [0, 0.1) is 23.7 Å². The van der Waals surface area contributed by atoms with Gasteiger partial charge in [0.25, 0.3) is 0 Å². The molecule has 0 heterocycles. The molecule has 0 rings (SSSR count). The van der Waals surface area contributed by atoms with Crippen molar-refractivity contribution < 1.29 is 80.2 Å². The fourth-order valence-electron chi connectivity index (χ4n) is 12.6. The zero-order valence-electron chi connectivity index (χ0n) is 66.5. The van der Waals surface area contributed by atoms with E-state index in [0.717, 1.165) is 120 Å². The monoisotopic (exact) mass is 1480 g/mol. The fraction of sp³-hybridized carbons (Fsp3) is 0.951. The zero-order valence-corrected chi connectivity index (χ0v) is 68.3. The summed E-state index contributed by atoms with van der Waals surface area (Å²) < 4.78 is 68.7. The molecule has 0 spiro atoms. The first-order valence-corrected chi connectivity index (χ1v) is 45.2. The molecule has 0 aliphatic rings. The van der Waals surface area contributed by atoms with Gasteiger partial charge in [-0.15, -0.1) is 0 Å². The first kappa shape index (κ1) is 99.1. The van der Waals surface area contributed by atoms with Gasteiger partial charge >= 0.3 is 39.5 Å². The number of carbonyl (C=O) groups is 4. The van der Waals surface area contributed by atoms with Crippen molar-refractivity contribution in [2.75, 3.05) is 39.6 Å². The number of unbranched alkanes of at least 4 members (excludes halogenated alkanes) is 44. The summed E-state index contributed by atoms with van der Waals surface area (Å²) in [6.45, 7) is 14.2. The van der Waals surface area contributed by atoms with Crippen molar-refractivity contribution in [2.45, 2.75) is 440 Å². The number of hydrogen-bond donors (Lipinski definition) is 3. The minimum absolute atomic E-state index is 0.104. The van der Waals surface area contributed by atoms with E-state index in [1.807, 2.05) is 0 Å². The van der Waals surface area contributed by atoms with E-state index >= 15 is 0 Å². The summed E-state index contributed by atoms with van der Waals surface area (Å²) in [6.07, 6.45) is 58.4. The van der Waals surface area contributed by atoms with Crippen LogP contribution >= 0.6 is 15.6 Å². The molecule has 0 aliphatic heterocycles. The van der Waals surface area contributed by atoms with Crippen LogP contribution in [0.25, 0.3) is 0 Å². The van der Waals surface area contributed by atoms with Crippen LogP contribution < -0.4 is 0 Å². The number of phosphoric ester groups is 2. The third-order valence-electron chi connectivity index (χ3n) is 19.4. The summed E-state index contributed by atoms with van der Waals surface area (Å²) in [5.74, 6) is 0.979. The Labute approximate surface area is 619 Å². The molecule has 0 radical (unpaired) electrons. The molecular weight excluding hydrogens is 1320 g/mol. The Balaban J connectivity index is 5.22. The van der Waals surface area contributed by atoms with Gasteiger partial charge in [0.15, 0.2) is 12.2 Å². The maximum atomic E-state index is 13.1. The predicted octanol–water partition coefficient (Wildman–Crippen LogP) is 24.4. The fourth-order valence-corrected chi connectivity index (χ4v) is 14.2. The lowest BCUT2D eigenvalue weighted by atomic mass is 10.00. The molecule has 0 saturated heterocycles. The van der Waals surface area contributed by atoms with Gasteiger partial charge in [-0.2, -0.15) is 0 Å². The number of hydrogen-bond acceptors (Lipinski definition) is 15. The Kier molecular flexibility index (Phi) is 69.6. The minimum atomic E-state index is -4.96. The quantitative estimate of drug-likeness (QED) is 0.0222. The van der Waals surface area contributed by atoms with E-state index in [2.05, 4.69) is 55.4 Å². The van der Waals surface area contributed by atoms with Gasteiger partial charge in [0, 0.05) is 25.7 Å². The van der Waals surface area contributed by atoms with Crippen LogP contribution in [-0.2, 0) is 65.4 Å². The van der Waals surface area contributed by atoms with Crippen molar-refractivity contribution in [3.05, 3.63) is 0 Å². The number of phosphoric acid groups is 2. The van der Waals surface area contributed by atoms with Crippen molar-refractivity contribution in [3.63, 3.8) is 0 Å². The Morgan fingerprint density at radius 1 is 0.277 bits per heavy atom. The largest absolute Gasteiger partial charge is 0.472 e. The number of rotatable bonds is 79. The van der Waals surface area contributed by atoms with E-state index in [1.165, 1.54) is 218 Å². The Morgan fingerprint density at radius 3 is 0.703 bits per heavy atom. The lowest BCUT2D eigenvalue weighted by molar-refractivity contribution is -0.161. The molecule has 3 N–H and O–H groups in total. The molecule has 19 heteroatoms. The first-order chi connectivity index (χ1) is 48.6. The molecule has 600 valence electrons. The molecule has 6 atom stereocenters. The van der Waals surface area contributed by atoms with Crippen LogP contribution in [0.2, 0.25) is 0 Å². The lowest BCUT2D eigenvalue weighted by Crippen LogP contribution is -2.30. The van der Waals surface area contributed by atoms with Gasteiger partial charge in [0.2, 0.25) is 0 Å². The summed E-state index contributed by atoms with van der Waals surface area (Å²) in [5, 5.41) is 10.6. The molecule has 101 heavy (non-hydrogen) atoms. The highest BCUT2D eigenvalue weighted by atomic mass is 31.2. The van der Waals surface area contributed by atoms with Crippen molar-refractivity contribution in [2.24, 2.45) is 23.7 Å². The standard InChI is InChI=1S/C82H160O17P2/c1-9-75(8)61-53-45-40-41-47-55-63-80(85)93-69-78(99-82(87)65-57-49-39-33-27-30-36-44-52-60-74(6)7)71-97-101(90,91)95-67-76(83)66-94-100(88,89)96-70-77(68-92-79(84)62-54-46-37-31-25-21-18-14-16-20-24-29-35-43-51-59-73(4)5)98-81(86)64-56-48-38-32-26-22-17-13-11-10-12-15-19-23-28-34-42-50-58-72(2)3/h72-78,83H,9-71H2,1-8H3,(H,88,89)(H,90,91)/t75?,76-,77-,78-/m1/s1. The van der Waals surface area contributed by atoms with E-state index in [1.54, 1.807) is 0 Å². The molecule has 3 unspecified atom stereocenters. The summed E-state index contributed by atoms with van der Waals surface area (Å²) >= 11 is 0. The van der Waals surface area contributed by atoms with E-state index in [4.69, 9.17) is 37.0 Å². The van der Waals surface area contributed by atoms with E-state index in [-0.39, 0.29) is 25.7 Å². The molecule has 0 aromatic rings. The predicted molar refractivity (Wildman–Crippen MR) is 414 cm³/mol. The molecule has 17 nitrogen and oxygen atoms in total. The second-order valence-electron chi connectivity index (χ2n) is 31.2. The molecule has 0 aromatic carbocycles. The second-order valence-corrected chi connectivity index (χ2v) is 34.1. The highest BCUT2D eigenvalue weighted by Gasteiger charge is 2.30. The molecule has 0 amide bonds. The van der Waals surface area contributed by atoms with Crippen LogP contribution in [0.3, 0.4) is 0 Å². The number of ether oxygens (including phenoxy) is 4. The molecular formula is C82H160O17P2. The topological polar surface area (TPSA) is 237 Å². The summed E-state index contributed by atoms with van der Waals surface area (Å²) in [7, 11) is -9.92. The van der Waals surface area contributed by atoms with Crippen LogP contribution in [-0.4, -0.2) is 96.7 Å². The van der Waals surface area contributed by atoms with Crippen LogP contribution in [0.5, 0.6) is 0 Å². The number of aliphatic hydroxyl groups is 1. The smallest absolute Gasteiger partial charge is 0.462 e. The van der Waals surface area contributed by atoms with Crippen molar-refractivity contribution in [3.8, 4) is 0 Å². The third-order valence-corrected chi connectivity index (χ3v) is 21.3. The lowest BCUT2D eigenvalue weighted by Gasteiger charge is -2.21. The van der Waals surface area contributed by atoms with Crippen molar-refractivity contribution in [1.29, 1.82) is 0 Å². The zero-order chi connectivity index (χ0) is 74.6. The Bertz CT molecular complexity index is 1970.